The van der Waals surface area contributed by atoms with E-state index < -0.39 is 5.91 Å². The fourth-order valence-electron chi connectivity index (χ4n) is 3.07. The molecule has 0 saturated carbocycles. The van der Waals surface area contributed by atoms with Gasteiger partial charge in [0, 0.05) is 42.3 Å². The highest BCUT2D eigenvalue weighted by atomic mass is 79.9. The molecule has 1 atom stereocenters. The standard InChI is InChI=1S/C20H26BrN3O3/c1-4-24(5-2)18-11-19(26-3)14(10-17(18)21)9-15(12-22)20(25)23-13-16-7-6-8-27-16/h9-11,16H,4-8,13H2,1-3H3,(H,23,25)/b15-9+/t16-/m1/s1. The number of carbonyl (C=O) groups excluding carboxylic acids is 1. The van der Waals surface area contributed by atoms with Gasteiger partial charge in [-0.25, -0.2) is 0 Å². The Morgan fingerprint density at radius 1 is 1.48 bits per heavy atom. The first-order valence-corrected chi connectivity index (χ1v) is 9.97. The normalized spacial score (nSPS) is 16.7. The minimum absolute atomic E-state index is 0.0333. The Bertz CT molecular complexity index is 733. The van der Waals surface area contributed by atoms with E-state index in [2.05, 4.69) is 40.0 Å². The van der Waals surface area contributed by atoms with Gasteiger partial charge in [-0.1, -0.05) is 0 Å². The molecule has 7 heteroatoms. The topological polar surface area (TPSA) is 74.6 Å². The average molecular weight is 436 g/mol. The second-order valence-corrected chi connectivity index (χ2v) is 7.09. The van der Waals surface area contributed by atoms with Crippen molar-refractivity contribution in [1.82, 2.24) is 5.32 Å². The molecule has 1 aromatic carbocycles. The highest BCUT2D eigenvalue weighted by Crippen LogP contribution is 2.34. The summed E-state index contributed by atoms with van der Waals surface area (Å²) in [7, 11) is 1.58. The highest BCUT2D eigenvalue weighted by molar-refractivity contribution is 9.10. The molecular formula is C20H26BrN3O3. The zero-order chi connectivity index (χ0) is 19.8. The van der Waals surface area contributed by atoms with Crippen molar-refractivity contribution in [2.75, 3.05) is 38.3 Å². The Morgan fingerprint density at radius 2 is 2.22 bits per heavy atom. The zero-order valence-electron chi connectivity index (χ0n) is 16.0. The van der Waals surface area contributed by atoms with E-state index in [4.69, 9.17) is 9.47 Å². The minimum Gasteiger partial charge on any atom is -0.496 e. The van der Waals surface area contributed by atoms with Crippen LogP contribution in [0.25, 0.3) is 6.08 Å². The number of hydrogen-bond donors (Lipinski definition) is 1. The third-order valence-electron chi connectivity index (χ3n) is 4.58. The number of amides is 1. The van der Waals surface area contributed by atoms with Crippen LogP contribution >= 0.6 is 15.9 Å². The summed E-state index contributed by atoms with van der Waals surface area (Å²) >= 11 is 3.59. The zero-order valence-corrected chi connectivity index (χ0v) is 17.6. The van der Waals surface area contributed by atoms with E-state index in [0.717, 1.165) is 42.7 Å². The van der Waals surface area contributed by atoms with Gasteiger partial charge >= 0.3 is 0 Å². The van der Waals surface area contributed by atoms with Crippen molar-refractivity contribution in [3.8, 4) is 11.8 Å². The van der Waals surface area contributed by atoms with Gasteiger partial charge in [0.1, 0.15) is 17.4 Å². The van der Waals surface area contributed by atoms with E-state index in [1.54, 1.807) is 13.2 Å². The molecule has 1 aliphatic heterocycles. The number of nitriles is 1. The number of rotatable bonds is 8. The summed E-state index contributed by atoms with van der Waals surface area (Å²) in [4.78, 5) is 14.6. The molecule has 1 aromatic rings. The third-order valence-corrected chi connectivity index (χ3v) is 5.22. The lowest BCUT2D eigenvalue weighted by Gasteiger charge is -2.23. The molecule has 0 spiro atoms. The fraction of sp³-hybridized carbons (Fsp3) is 0.500. The summed E-state index contributed by atoms with van der Waals surface area (Å²) in [6, 6.07) is 5.77. The van der Waals surface area contributed by atoms with E-state index in [0.29, 0.717) is 17.9 Å². The van der Waals surface area contributed by atoms with E-state index >= 15 is 0 Å². The van der Waals surface area contributed by atoms with Crippen molar-refractivity contribution in [2.24, 2.45) is 0 Å². The largest absolute Gasteiger partial charge is 0.496 e. The predicted octanol–water partition coefficient (Wildman–Crippen LogP) is 3.51. The van der Waals surface area contributed by atoms with Crippen molar-refractivity contribution >= 4 is 33.6 Å². The Labute approximate surface area is 169 Å². The fourth-order valence-corrected chi connectivity index (χ4v) is 3.68. The molecule has 2 rings (SSSR count). The summed E-state index contributed by atoms with van der Waals surface area (Å²) in [6.45, 7) is 7.04. The molecule has 27 heavy (non-hydrogen) atoms. The average Bonchev–Trinajstić information content (AvgIpc) is 3.20. The summed E-state index contributed by atoms with van der Waals surface area (Å²) in [5.41, 5.74) is 1.72. The molecule has 146 valence electrons. The lowest BCUT2D eigenvalue weighted by Crippen LogP contribution is -2.32. The first-order valence-electron chi connectivity index (χ1n) is 9.18. The van der Waals surface area contributed by atoms with Gasteiger partial charge in [-0.2, -0.15) is 5.26 Å². The minimum atomic E-state index is -0.404. The van der Waals surface area contributed by atoms with Gasteiger partial charge in [0.2, 0.25) is 0 Å². The van der Waals surface area contributed by atoms with Gasteiger partial charge in [-0.05, 0) is 54.8 Å². The molecule has 0 radical (unpaired) electrons. The Hall–Kier alpha value is -2.04. The molecule has 1 fully saturated rings. The molecular weight excluding hydrogens is 410 g/mol. The van der Waals surface area contributed by atoms with Crippen LogP contribution in [-0.4, -0.2) is 45.4 Å². The number of hydrogen-bond acceptors (Lipinski definition) is 5. The number of ether oxygens (including phenoxy) is 2. The summed E-state index contributed by atoms with van der Waals surface area (Å²) in [6.07, 6.45) is 3.52. The van der Waals surface area contributed by atoms with Crippen LogP contribution in [-0.2, 0) is 9.53 Å². The van der Waals surface area contributed by atoms with E-state index in [9.17, 15) is 10.1 Å². The Morgan fingerprint density at radius 3 is 2.78 bits per heavy atom. The van der Waals surface area contributed by atoms with Gasteiger partial charge in [0.05, 0.1) is 18.9 Å². The molecule has 0 unspecified atom stereocenters. The smallest absolute Gasteiger partial charge is 0.262 e. The van der Waals surface area contributed by atoms with Gasteiger partial charge in [0.25, 0.3) is 5.91 Å². The number of halogens is 1. The molecule has 1 aliphatic rings. The van der Waals surface area contributed by atoms with Crippen molar-refractivity contribution in [3.63, 3.8) is 0 Å². The van der Waals surface area contributed by atoms with Gasteiger partial charge in [0.15, 0.2) is 0 Å². The maximum Gasteiger partial charge on any atom is 0.262 e. The third kappa shape index (κ3) is 5.47. The van der Waals surface area contributed by atoms with E-state index in [-0.39, 0.29) is 11.7 Å². The molecule has 0 aromatic heterocycles. The molecule has 0 bridgehead atoms. The van der Waals surface area contributed by atoms with Crippen LogP contribution < -0.4 is 15.0 Å². The van der Waals surface area contributed by atoms with Gasteiger partial charge in [-0.15, -0.1) is 0 Å². The summed E-state index contributed by atoms with van der Waals surface area (Å²) in [5.74, 6) is 0.207. The number of carbonyl (C=O) groups is 1. The lowest BCUT2D eigenvalue weighted by atomic mass is 10.1. The number of nitrogens with one attached hydrogen (secondary N) is 1. The second-order valence-electron chi connectivity index (χ2n) is 6.23. The van der Waals surface area contributed by atoms with Crippen LogP contribution in [0.2, 0.25) is 0 Å². The van der Waals surface area contributed by atoms with E-state index in [1.165, 1.54) is 0 Å². The molecule has 1 heterocycles. The number of methoxy groups -OCH3 is 1. The first kappa shape index (κ1) is 21.3. The molecule has 1 saturated heterocycles. The molecule has 1 N–H and O–H groups in total. The number of anilines is 1. The highest BCUT2D eigenvalue weighted by Gasteiger charge is 2.18. The summed E-state index contributed by atoms with van der Waals surface area (Å²) in [5, 5.41) is 12.2. The first-order chi connectivity index (χ1) is 13.0. The lowest BCUT2D eigenvalue weighted by molar-refractivity contribution is -0.117. The van der Waals surface area contributed by atoms with Crippen LogP contribution in [0.15, 0.2) is 22.2 Å². The molecule has 6 nitrogen and oxygen atoms in total. The monoisotopic (exact) mass is 435 g/mol. The van der Waals surface area contributed by atoms with Crippen molar-refractivity contribution in [1.29, 1.82) is 5.26 Å². The Kier molecular flexibility index (Phi) is 8.14. The van der Waals surface area contributed by atoms with Crippen LogP contribution in [0, 0.1) is 11.3 Å². The second kappa shape index (κ2) is 10.3. The Balaban J connectivity index is 2.24. The van der Waals surface area contributed by atoms with Gasteiger partial charge < -0.3 is 19.7 Å². The van der Waals surface area contributed by atoms with Crippen LogP contribution in [0.1, 0.15) is 32.3 Å². The number of benzene rings is 1. The molecule has 1 amide bonds. The van der Waals surface area contributed by atoms with Crippen molar-refractivity contribution in [2.45, 2.75) is 32.8 Å². The maximum absolute atomic E-state index is 12.4. The van der Waals surface area contributed by atoms with E-state index in [1.807, 2.05) is 18.2 Å². The predicted molar refractivity (Wildman–Crippen MR) is 110 cm³/mol. The van der Waals surface area contributed by atoms with Gasteiger partial charge in [-0.3, -0.25) is 4.79 Å². The van der Waals surface area contributed by atoms with Crippen LogP contribution in [0.4, 0.5) is 5.69 Å². The van der Waals surface area contributed by atoms with Crippen molar-refractivity contribution in [3.05, 3.63) is 27.7 Å². The number of nitrogens with zero attached hydrogens (tertiary/aromatic N) is 2. The summed E-state index contributed by atoms with van der Waals surface area (Å²) < 4.78 is 11.9. The van der Waals surface area contributed by atoms with Crippen LogP contribution in [0.5, 0.6) is 5.75 Å². The molecule has 0 aliphatic carbocycles. The SMILES string of the molecule is CCN(CC)c1cc(OC)c(/C=C(\C#N)C(=O)NC[C@H]2CCCO2)cc1Br. The van der Waals surface area contributed by atoms with Crippen LogP contribution in [0.3, 0.4) is 0 Å². The van der Waals surface area contributed by atoms with Crippen molar-refractivity contribution < 1.29 is 14.3 Å². The maximum atomic E-state index is 12.4. The quantitative estimate of drug-likeness (QED) is 0.499.